The molecule has 0 aliphatic rings. The van der Waals surface area contributed by atoms with E-state index in [0.29, 0.717) is 16.8 Å². The van der Waals surface area contributed by atoms with Crippen LogP contribution >= 0.6 is 15.9 Å². The number of hydrogen-bond acceptors (Lipinski definition) is 5. The number of Topliss-reactive ketones (excluding diaryl/α,β-unsaturated/α-hetero) is 1. The van der Waals surface area contributed by atoms with Gasteiger partial charge in [-0.1, -0.05) is 87.2 Å². The van der Waals surface area contributed by atoms with Crippen LogP contribution in [0.5, 0.6) is 5.75 Å². The van der Waals surface area contributed by atoms with Crippen molar-refractivity contribution in [1.29, 1.82) is 0 Å². The number of ether oxygens (including phenoxy) is 2. The van der Waals surface area contributed by atoms with Crippen molar-refractivity contribution in [2.24, 2.45) is 11.7 Å². The number of amides is 1. The lowest BCUT2D eigenvalue weighted by Crippen LogP contribution is -2.34. The number of benzene rings is 1. The summed E-state index contributed by atoms with van der Waals surface area (Å²) in [6.07, 6.45) is 11.4. The molecule has 0 aliphatic carbocycles. The monoisotopic (exact) mass is 592 g/mol. The van der Waals surface area contributed by atoms with Crippen LogP contribution in [0.2, 0.25) is 0 Å². The third-order valence-corrected chi connectivity index (χ3v) is 7.47. The molecule has 0 bridgehead atoms. The highest BCUT2D eigenvalue weighted by Gasteiger charge is 2.30. The largest absolute Gasteiger partial charge is 0.478 e. The molecule has 0 aliphatic heterocycles. The number of nitrogens with zero attached hydrogens (tertiary/aromatic N) is 1. The Hall–Kier alpha value is -2.35. The number of fused-ring (bicyclic) bond motifs is 1. The van der Waals surface area contributed by atoms with Gasteiger partial charge in [0.2, 0.25) is 0 Å². The number of rotatable bonds is 19. The number of esters is 1. The van der Waals surface area contributed by atoms with E-state index in [-0.39, 0.29) is 18.1 Å². The van der Waals surface area contributed by atoms with Gasteiger partial charge in [0.05, 0.1) is 23.1 Å². The first-order valence-corrected chi connectivity index (χ1v) is 15.2. The molecule has 0 saturated carbocycles. The van der Waals surface area contributed by atoms with E-state index in [2.05, 4.69) is 20.5 Å². The van der Waals surface area contributed by atoms with Crippen LogP contribution in [-0.2, 0) is 20.9 Å². The number of alkyl halides is 1. The molecular formula is C30H45BrN2O5. The molecule has 1 atom stereocenters. The third-order valence-electron chi connectivity index (χ3n) is 6.91. The van der Waals surface area contributed by atoms with Crippen LogP contribution in [0, 0.1) is 12.8 Å². The number of carbonyl (C=O) groups is 3. The van der Waals surface area contributed by atoms with Crippen LogP contribution in [0.15, 0.2) is 18.2 Å². The van der Waals surface area contributed by atoms with E-state index in [1.807, 2.05) is 32.9 Å². The van der Waals surface area contributed by atoms with Crippen molar-refractivity contribution in [2.45, 2.75) is 105 Å². The van der Waals surface area contributed by atoms with Crippen LogP contribution in [0.25, 0.3) is 10.9 Å². The van der Waals surface area contributed by atoms with E-state index in [4.69, 9.17) is 15.2 Å². The van der Waals surface area contributed by atoms with Gasteiger partial charge in [-0.2, -0.15) is 0 Å². The predicted octanol–water partition coefficient (Wildman–Crippen LogP) is 6.88. The number of ketones is 1. The second-order valence-electron chi connectivity index (χ2n) is 10.2. The molecule has 1 aromatic heterocycles. The first-order chi connectivity index (χ1) is 18.2. The van der Waals surface area contributed by atoms with E-state index in [9.17, 15) is 14.4 Å². The zero-order valence-electron chi connectivity index (χ0n) is 23.5. The number of halogens is 1. The van der Waals surface area contributed by atoms with Crippen LogP contribution in [0.1, 0.15) is 101 Å². The van der Waals surface area contributed by atoms with Gasteiger partial charge in [-0.05, 0) is 38.8 Å². The van der Waals surface area contributed by atoms with Gasteiger partial charge >= 0.3 is 5.97 Å². The highest BCUT2D eigenvalue weighted by Crippen LogP contribution is 2.35. The van der Waals surface area contributed by atoms with Crippen LogP contribution < -0.4 is 10.5 Å². The molecule has 2 rings (SSSR count). The number of nitrogens with two attached hydrogens (primary N) is 1. The minimum Gasteiger partial charge on any atom is -0.478 e. The minimum atomic E-state index is -1.01. The molecule has 38 heavy (non-hydrogen) atoms. The maximum Gasteiger partial charge on any atom is 0.347 e. The average molecular weight is 594 g/mol. The molecule has 0 spiro atoms. The van der Waals surface area contributed by atoms with E-state index in [1.165, 1.54) is 51.4 Å². The Morgan fingerprint density at radius 3 is 2.05 bits per heavy atom. The van der Waals surface area contributed by atoms with Crippen LogP contribution in [-0.4, -0.2) is 40.3 Å². The maximum absolute atomic E-state index is 12.9. The Labute approximate surface area is 235 Å². The zero-order valence-corrected chi connectivity index (χ0v) is 25.1. The Morgan fingerprint density at radius 1 is 0.947 bits per heavy atom. The summed E-state index contributed by atoms with van der Waals surface area (Å²) in [4.78, 5) is 37.4. The minimum absolute atomic E-state index is 0.155. The predicted molar refractivity (Wildman–Crippen MR) is 156 cm³/mol. The molecule has 8 heteroatoms. The fourth-order valence-electron chi connectivity index (χ4n) is 4.88. The molecule has 0 radical (unpaired) electrons. The number of hydrogen-bond donors (Lipinski definition) is 1. The van der Waals surface area contributed by atoms with Crippen LogP contribution in [0.3, 0.4) is 0 Å². The molecule has 1 unspecified atom stereocenters. The van der Waals surface area contributed by atoms with Crippen molar-refractivity contribution in [2.75, 3.05) is 11.9 Å². The quantitative estimate of drug-likeness (QED) is 0.0629. The summed E-state index contributed by atoms with van der Waals surface area (Å²) in [5.41, 5.74) is 7.14. The first-order valence-electron chi connectivity index (χ1n) is 14.1. The molecule has 1 heterocycles. The number of aromatic nitrogens is 1. The topological polar surface area (TPSA) is 101 Å². The number of carbonyl (C=O) groups excluding carboxylic acids is 3. The second-order valence-corrected chi connectivity index (χ2v) is 11.0. The fourth-order valence-corrected chi connectivity index (χ4v) is 5.27. The SMILES string of the molecule is CCOC(=O)C(Oc1cccc2c1c(C(=O)C(N)=O)c(C)n2CCCCCCCCCCCCBr)C(C)C. The van der Waals surface area contributed by atoms with Gasteiger partial charge in [0.25, 0.3) is 11.7 Å². The number of unbranched alkanes of at least 4 members (excludes halogenated alkanes) is 9. The Kier molecular flexibility index (Phi) is 13.9. The summed E-state index contributed by atoms with van der Waals surface area (Å²) in [6, 6.07) is 5.47. The van der Waals surface area contributed by atoms with Crippen molar-refractivity contribution in [3.8, 4) is 5.75 Å². The average Bonchev–Trinajstić information content (AvgIpc) is 3.16. The lowest BCUT2D eigenvalue weighted by molar-refractivity contribution is -0.153. The van der Waals surface area contributed by atoms with Crippen LogP contribution in [0.4, 0.5) is 0 Å². The molecule has 0 saturated heterocycles. The van der Waals surface area contributed by atoms with E-state index in [1.54, 1.807) is 13.0 Å². The standard InChI is InChI=1S/C30H45BrN2O5/c1-5-37-30(36)28(21(2)3)38-24-18-16-17-23-26(24)25(27(34)29(32)35)22(4)33(23)20-15-13-11-9-7-6-8-10-12-14-19-31/h16-18,21,28H,5-15,19-20H2,1-4H3,(H2,32,35). The van der Waals surface area contributed by atoms with Gasteiger partial charge < -0.3 is 19.8 Å². The maximum atomic E-state index is 12.9. The summed E-state index contributed by atoms with van der Waals surface area (Å²) in [6.45, 7) is 8.29. The van der Waals surface area contributed by atoms with Gasteiger partial charge in [-0.3, -0.25) is 9.59 Å². The van der Waals surface area contributed by atoms with E-state index in [0.717, 1.165) is 30.2 Å². The molecule has 212 valence electrons. The van der Waals surface area contributed by atoms with Crippen molar-refractivity contribution < 1.29 is 23.9 Å². The van der Waals surface area contributed by atoms with E-state index >= 15 is 0 Å². The molecule has 2 N–H and O–H groups in total. The van der Waals surface area contributed by atoms with Gasteiger partial charge in [0.15, 0.2) is 6.10 Å². The van der Waals surface area contributed by atoms with Crippen molar-refractivity contribution in [1.82, 2.24) is 4.57 Å². The molecule has 1 aromatic carbocycles. The Morgan fingerprint density at radius 2 is 1.53 bits per heavy atom. The van der Waals surface area contributed by atoms with E-state index < -0.39 is 23.8 Å². The summed E-state index contributed by atoms with van der Waals surface area (Å²) < 4.78 is 13.4. The number of primary amides is 1. The molecule has 2 aromatic rings. The fraction of sp³-hybridized carbons (Fsp3) is 0.633. The normalized spacial score (nSPS) is 12.2. The lowest BCUT2D eigenvalue weighted by Gasteiger charge is -2.21. The zero-order chi connectivity index (χ0) is 28.1. The Bertz CT molecular complexity index is 1060. The second kappa shape index (κ2) is 16.6. The molecular weight excluding hydrogens is 548 g/mol. The van der Waals surface area contributed by atoms with Crippen molar-refractivity contribution >= 4 is 44.5 Å². The number of aryl methyl sites for hydroxylation is 1. The summed E-state index contributed by atoms with van der Waals surface area (Å²) in [5, 5.41) is 1.62. The highest BCUT2D eigenvalue weighted by molar-refractivity contribution is 9.09. The van der Waals surface area contributed by atoms with Crippen molar-refractivity contribution in [3.63, 3.8) is 0 Å². The van der Waals surface area contributed by atoms with Gasteiger partial charge in [0.1, 0.15) is 5.75 Å². The summed E-state index contributed by atoms with van der Waals surface area (Å²) in [5.74, 6) is -2.01. The summed E-state index contributed by atoms with van der Waals surface area (Å²) >= 11 is 3.48. The Balaban J connectivity index is 2.18. The summed E-state index contributed by atoms with van der Waals surface area (Å²) in [7, 11) is 0. The first kappa shape index (κ1) is 31.9. The molecule has 0 fully saturated rings. The lowest BCUT2D eigenvalue weighted by atomic mass is 10.0. The smallest absolute Gasteiger partial charge is 0.347 e. The van der Waals surface area contributed by atoms with Gasteiger partial charge in [0, 0.05) is 23.5 Å². The van der Waals surface area contributed by atoms with Gasteiger partial charge in [-0.25, -0.2) is 4.79 Å². The molecule has 7 nitrogen and oxygen atoms in total. The van der Waals surface area contributed by atoms with Crippen molar-refractivity contribution in [3.05, 3.63) is 29.5 Å². The van der Waals surface area contributed by atoms with Gasteiger partial charge in [-0.15, -0.1) is 0 Å². The third kappa shape index (κ3) is 8.85. The molecule has 1 amide bonds. The highest BCUT2D eigenvalue weighted by atomic mass is 79.9.